The highest BCUT2D eigenvalue weighted by molar-refractivity contribution is 7.89. The second kappa shape index (κ2) is 10.8. The number of rotatable bonds is 7. The summed E-state index contributed by atoms with van der Waals surface area (Å²) in [6, 6.07) is 14.1. The topological polar surface area (TPSA) is 92.5 Å². The third-order valence-electron chi connectivity index (χ3n) is 6.62. The van der Waals surface area contributed by atoms with Gasteiger partial charge in [-0.15, -0.1) is 0 Å². The average Bonchev–Trinajstić information content (AvgIpc) is 3.25. The van der Waals surface area contributed by atoms with Crippen molar-refractivity contribution in [1.82, 2.24) is 14.8 Å². The van der Waals surface area contributed by atoms with Crippen LogP contribution in [-0.4, -0.2) is 36.9 Å². The Hall–Kier alpha value is -3.23. The van der Waals surface area contributed by atoms with E-state index in [1.807, 2.05) is 69.3 Å². The van der Waals surface area contributed by atoms with Gasteiger partial charge in [0.05, 0.1) is 5.92 Å². The lowest BCUT2D eigenvalue weighted by atomic mass is 9.98. The van der Waals surface area contributed by atoms with Crippen LogP contribution in [-0.2, 0) is 21.4 Å². The number of aryl methyl sites for hydroxylation is 4. The quantitative estimate of drug-likeness (QED) is 0.496. The van der Waals surface area contributed by atoms with Crippen molar-refractivity contribution in [2.45, 2.75) is 52.0 Å². The van der Waals surface area contributed by atoms with E-state index in [-0.39, 0.29) is 23.1 Å². The van der Waals surface area contributed by atoms with Crippen LogP contribution in [0.3, 0.4) is 0 Å². The molecule has 0 unspecified atom stereocenters. The molecule has 0 aliphatic carbocycles. The van der Waals surface area contributed by atoms with Crippen molar-refractivity contribution in [3.8, 4) is 0 Å². The lowest BCUT2D eigenvalue weighted by Crippen LogP contribution is -2.45. The molecule has 1 N–H and O–H groups in total. The number of hydrogen-bond acceptors (Lipinski definition) is 5. The zero-order valence-corrected chi connectivity index (χ0v) is 22.1. The minimum Gasteiger partial charge on any atom is -0.355 e. The molecule has 1 aliphatic rings. The maximum absolute atomic E-state index is 13.7. The van der Waals surface area contributed by atoms with Gasteiger partial charge in [0, 0.05) is 19.6 Å². The summed E-state index contributed by atoms with van der Waals surface area (Å²) in [5.74, 6) is -0.347. The van der Waals surface area contributed by atoms with Crippen molar-refractivity contribution < 1.29 is 17.7 Å². The van der Waals surface area contributed by atoms with Gasteiger partial charge in [0.2, 0.25) is 15.9 Å². The zero-order valence-electron chi connectivity index (χ0n) is 21.2. The van der Waals surface area contributed by atoms with Gasteiger partial charge in [-0.05, 0) is 63.3 Å². The molecule has 0 spiro atoms. The zero-order chi connectivity index (χ0) is 25.9. The van der Waals surface area contributed by atoms with Gasteiger partial charge in [-0.3, -0.25) is 4.79 Å². The summed E-state index contributed by atoms with van der Waals surface area (Å²) in [5.41, 5.74) is 5.65. The van der Waals surface area contributed by atoms with E-state index in [4.69, 9.17) is 4.52 Å². The van der Waals surface area contributed by atoms with Crippen molar-refractivity contribution in [1.29, 1.82) is 0 Å². The van der Waals surface area contributed by atoms with Crippen molar-refractivity contribution in [2.24, 2.45) is 5.92 Å². The molecule has 0 bridgehead atoms. The second-order valence-corrected chi connectivity index (χ2v) is 11.4. The van der Waals surface area contributed by atoms with Gasteiger partial charge in [-0.1, -0.05) is 64.8 Å². The maximum atomic E-state index is 13.7. The van der Waals surface area contributed by atoms with Crippen LogP contribution in [0.2, 0.25) is 0 Å². The summed E-state index contributed by atoms with van der Waals surface area (Å²) in [5, 5.41) is 6.91. The van der Waals surface area contributed by atoms with Gasteiger partial charge in [-0.2, -0.15) is 4.31 Å². The predicted octanol–water partition coefficient (Wildman–Crippen LogP) is 4.80. The lowest BCUT2D eigenvalue weighted by Gasteiger charge is -2.31. The highest BCUT2D eigenvalue weighted by Gasteiger charge is 2.36. The Morgan fingerprint density at radius 2 is 1.81 bits per heavy atom. The Morgan fingerprint density at radius 1 is 1.08 bits per heavy atom. The molecule has 1 aliphatic heterocycles. The van der Waals surface area contributed by atoms with Gasteiger partial charge < -0.3 is 9.84 Å². The molecule has 1 saturated heterocycles. The number of nitrogens with zero attached hydrogens (tertiary/aromatic N) is 2. The Labute approximate surface area is 213 Å². The monoisotopic (exact) mass is 507 g/mol. The Bertz CT molecular complexity index is 1370. The number of benzene rings is 2. The van der Waals surface area contributed by atoms with E-state index in [9.17, 15) is 13.2 Å². The van der Waals surface area contributed by atoms with Crippen molar-refractivity contribution in [3.63, 3.8) is 0 Å². The molecule has 1 aromatic heterocycles. The van der Waals surface area contributed by atoms with Crippen molar-refractivity contribution in [2.75, 3.05) is 13.1 Å². The third kappa shape index (κ3) is 5.77. The minimum absolute atomic E-state index is 0.0600. The van der Waals surface area contributed by atoms with Crippen molar-refractivity contribution in [3.05, 3.63) is 81.7 Å². The lowest BCUT2D eigenvalue weighted by molar-refractivity contribution is -0.126. The standard InChI is InChI=1S/C28H33N3O4S/c1-19-8-11-23(12-9-19)17-29-28(32)25-6-5-15-31(18-25)36(33,34)27-22(4)30-35-26(27)14-13-24-16-20(2)7-10-21(24)3/h7-14,16,25H,5-6,15,17-18H2,1-4H3,(H,29,32)/b14-13+/t25-/m1/s1. The molecular weight excluding hydrogens is 474 g/mol. The number of aromatic nitrogens is 1. The van der Waals surface area contributed by atoms with Crippen LogP contribution in [0.1, 0.15) is 52.1 Å². The molecule has 7 nitrogen and oxygen atoms in total. The Kier molecular flexibility index (Phi) is 7.76. The van der Waals surface area contributed by atoms with Gasteiger partial charge in [0.25, 0.3) is 0 Å². The normalized spacial score (nSPS) is 16.9. The van der Waals surface area contributed by atoms with Gasteiger partial charge >= 0.3 is 0 Å². The van der Waals surface area contributed by atoms with E-state index in [2.05, 4.69) is 10.5 Å². The number of amides is 1. The van der Waals surface area contributed by atoms with E-state index >= 15 is 0 Å². The number of piperidine rings is 1. The summed E-state index contributed by atoms with van der Waals surface area (Å²) in [7, 11) is -3.90. The summed E-state index contributed by atoms with van der Waals surface area (Å²) in [6.45, 7) is 8.56. The first-order valence-electron chi connectivity index (χ1n) is 12.2. The second-order valence-electron chi connectivity index (χ2n) is 9.56. The highest BCUT2D eigenvalue weighted by atomic mass is 32.2. The van der Waals surface area contributed by atoms with Crippen LogP contribution in [0, 0.1) is 33.6 Å². The number of carbonyl (C=O) groups excluding carboxylic acids is 1. The third-order valence-corrected chi connectivity index (χ3v) is 8.65. The van der Waals surface area contributed by atoms with E-state index in [0.29, 0.717) is 31.6 Å². The molecular formula is C28H33N3O4S. The largest absolute Gasteiger partial charge is 0.355 e. The molecule has 190 valence electrons. The molecule has 8 heteroatoms. The fourth-order valence-electron chi connectivity index (χ4n) is 4.45. The van der Waals surface area contributed by atoms with Crippen LogP contribution < -0.4 is 5.32 Å². The van der Waals surface area contributed by atoms with Gasteiger partial charge in [0.15, 0.2) is 10.7 Å². The molecule has 3 aromatic rings. The fraction of sp³-hybridized carbons (Fsp3) is 0.357. The Balaban J connectivity index is 1.49. The summed E-state index contributed by atoms with van der Waals surface area (Å²) in [6.07, 6.45) is 4.76. The van der Waals surface area contributed by atoms with Crippen LogP contribution in [0.15, 0.2) is 51.9 Å². The average molecular weight is 508 g/mol. The number of hydrogen-bond donors (Lipinski definition) is 1. The molecule has 36 heavy (non-hydrogen) atoms. The smallest absolute Gasteiger partial charge is 0.248 e. The minimum atomic E-state index is -3.90. The molecule has 1 fully saturated rings. The van der Waals surface area contributed by atoms with Crippen LogP contribution in [0.4, 0.5) is 0 Å². The van der Waals surface area contributed by atoms with Crippen LogP contribution in [0.25, 0.3) is 12.2 Å². The predicted molar refractivity (Wildman–Crippen MR) is 141 cm³/mol. The number of carbonyl (C=O) groups is 1. The fourth-order valence-corrected chi connectivity index (χ4v) is 6.22. The van der Waals surface area contributed by atoms with Gasteiger partial charge in [0.1, 0.15) is 5.69 Å². The van der Waals surface area contributed by atoms with E-state index in [1.165, 1.54) is 4.31 Å². The number of nitrogens with one attached hydrogen (secondary N) is 1. The van der Waals surface area contributed by atoms with Crippen LogP contribution >= 0.6 is 0 Å². The van der Waals surface area contributed by atoms with E-state index in [0.717, 1.165) is 27.8 Å². The summed E-state index contributed by atoms with van der Waals surface area (Å²) < 4.78 is 34.1. The first-order valence-corrected chi connectivity index (χ1v) is 13.6. The molecule has 0 saturated carbocycles. The maximum Gasteiger partial charge on any atom is 0.248 e. The molecule has 1 atom stereocenters. The number of sulfonamides is 1. The first kappa shape index (κ1) is 25.9. The Morgan fingerprint density at radius 3 is 2.56 bits per heavy atom. The van der Waals surface area contributed by atoms with E-state index in [1.54, 1.807) is 13.0 Å². The van der Waals surface area contributed by atoms with Crippen molar-refractivity contribution >= 4 is 28.1 Å². The first-order chi connectivity index (χ1) is 17.1. The molecule has 2 aromatic carbocycles. The molecule has 2 heterocycles. The van der Waals surface area contributed by atoms with Gasteiger partial charge in [-0.25, -0.2) is 8.42 Å². The highest BCUT2D eigenvalue weighted by Crippen LogP contribution is 2.29. The molecule has 4 rings (SSSR count). The molecule has 0 radical (unpaired) electrons. The molecule has 1 amide bonds. The van der Waals surface area contributed by atoms with E-state index < -0.39 is 15.9 Å². The SMILES string of the molecule is Cc1ccc(CNC(=O)[C@@H]2CCCN(S(=O)(=O)c3c(C)noc3/C=C/c3cc(C)ccc3C)C2)cc1. The summed E-state index contributed by atoms with van der Waals surface area (Å²) in [4.78, 5) is 12.9. The summed E-state index contributed by atoms with van der Waals surface area (Å²) >= 11 is 0. The van der Waals surface area contributed by atoms with Crippen LogP contribution in [0.5, 0.6) is 0 Å².